The Balaban J connectivity index is 1.65. The van der Waals surface area contributed by atoms with Crippen LogP contribution in [0.5, 0.6) is 5.75 Å². The third-order valence-corrected chi connectivity index (χ3v) is 6.70. The zero-order valence-electron chi connectivity index (χ0n) is 18.6. The van der Waals surface area contributed by atoms with E-state index in [1.165, 1.54) is 31.4 Å². The molecule has 0 aromatic heterocycles. The van der Waals surface area contributed by atoms with Gasteiger partial charge in [-0.05, 0) is 60.4 Å². The van der Waals surface area contributed by atoms with Crippen LogP contribution in [-0.2, 0) is 30.8 Å². The van der Waals surface area contributed by atoms with Gasteiger partial charge in [-0.1, -0.05) is 13.8 Å². The second-order valence-corrected chi connectivity index (χ2v) is 9.68. The van der Waals surface area contributed by atoms with E-state index in [0.717, 1.165) is 5.56 Å². The summed E-state index contributed by atoms with van der Waals surface area (Å²) < 4.78 is 38.0. The number of carbonyl (C=O) groups excluding carboxylic acids is 3. The van der Waals surface area contributed by atoms with Gasteiger partial charge in [-0.15, -0.1) is 0 Å². The van der Waals surface area contributed by atoms with Crippen LogP contribution in [0.3, 0.4) is 0 Å². The summed E-state index contributed by atoms with van der Waals surface area (Å²) in [4.78, 5) is 36.6. The highest BCUT2D eigenvalue weighted by Crippen LogP contribution is 2.24. The highest BCUT2D eigenvalue weighted by Gasteiger charge is 2.30. The van der Waals surface area contributed by atoms with Crippen molar-refractivity contribution >= 4 is 33.4 Å². The van der Waals surface area contributed by atoms with Crippen molar-refractivity contribution in [2.24, 2.45) is 5.92 Å². The number of benzene rings is 2. The Morgan fingerprint density at radius 1 is 1.09 bits per heavy atom. The Morgan fingerprint density at radius 3 is 2.42 bits per heavy atom. The van der Waals surface area contributed by atoms with Crippen LogP contribution >= 0.6 is 0 Å². The first-order valence-corrected chi connectivity index (χ1v) is 11.9. The summed E-state index contributed by atoms with van der Waals surface area (Å²) in [5, 5.41) is 2.74. The van der Waals surface area contributed by atoms with Crippen molar-refractivity contribution in [3.05, 3.63) is 53.6 Å². The quantitative estimate of drug-likeness (QED) is 0.422. The van der Waals surface area contributed by atoms with Gasteiger partial charge in [-0.2, -0.15) is 4.72 Å². The van der Waals surface area contributed by atoms with E-state index in [1.54, 1.807) is 32.0 Å². The van der Waals surface area contributed by atoms with Crippen molar-refractivity contribution in [3.63, 3.8) is 0 Å². The molecule has 0 saturated heterocycles. The molecule has 33 heavy (non-hydrogen) atoms. The minimum atomic E-state index is -4.01. The van der Waals surface area contributed by atoms with Crippen LogP contribution in [0.1, 0.15) is 36.2 Å². The zero-order valence-corrected chi connectivity index (χ0v) is 19.4. The first-order chi connectivity index (χ1) is 15.6. The van der Waals surface area contributed by atoms with Crippen LogP contribution in [0.4, 0.5) is 5.69 Å². The number of rotatable bonds is 9. The molecule has 9 nitrogen and oxygen atoms in total. The molecule has 0 bridgehead atoms. The number of hydrogen-bond donors (Lipinski definition) is 2. The molecule has 176 valence electrons. The van der Waals surface area contributed by atoms with Crippen LogP contribution in [0.2, 0.25) is 0 Å². The molecule has 0 aliphatic carbocycles. The highest BCUT2D eigenvalue weighted by atomic mass is 32.2. The SMILES string of the molecule is COc1ccc(S(=O)(=O)N[C@H](C(=O)OCC(=O)c2ccc3c(c2)CCC(=O)N3)C(C)C)cc1. The van der Waals surface area contributed by atoms with E-state index in [9.17, 15) is 22.8 Å². The van der Waals surface area contributed by atoms with Gasteiger partial charge in [0, 0.05) is 17.7 Å². The van der Waals surface area contributed by atoms with E-state index in [4.69, 9.17) is 9.47 Å². The molecule has 2 N–H and O–H groups in total. The van der Waals surface area contributed by atoms with Gasteiger partial charge in [-0.25, -0.2) is 8.42 Å². The minimum Gasteiger partial charge on any atom is -0.497 e. The van der Waals surface area contributed by atoms with Crippen molar-refractivity contribution in [1.29, 1.82) is 0 Å². The highest BCUT2D eigenvalue weighted by molar-refractivity contribution is 7.89. The lowest BCUT2D eigenvalue weighted by molar-refractivity contribution is -0.145. The molecular formula is C23H26N2O7S. The Hall–Kier alpha value is -3.24. The lowest BCUT2D eigenvalue weighted by Crippen LogP contribution is -2.45. The molecule has 0 spiro atoms. The number of ketones is 1. The van der Waals surface area contributed by atoms with Crippen LogP contribution < -0.4 is 14.8 Å². The average Bonchev–Trinajstić information content (AvgIpc) is 2.80. The molecule has 10 heteroatoms. The number of fused-ring (bicyclic) bond motifs is 1. The smallest absolute Gasteiger partial charge is 0.324 e. The second kappa shape index (κ2) is 10.1. The molecule has 1 aliphatic heterocycles. The zero-order chi connectivity index (χ0) is 24.2. The van der Waals surface area contributed by atoms with E-state index in [0.29, 0.717) is 29.8 Å². The number of carbonyl (C=O) groups is 3. The topological polar surface area (TPSA) is 128 Å². The fourth-order valence-electron chi connectivity index (χ4n) is 3.31. The van der Waals surface area contributed by atoms with Crippen molar-refractivity contribution < 1.29 is 32.3 Å². The first kappa shape index (κ1) is 24.4. The maximum atomic E-state index is 12.7. The van der Waals surface area contributed by atoms with Crippen molar-refractivity contribution in [2.45, 2.75) is 37.6 Å². The van der Waals surface area contributed by atoms with E-state index >= 15 is 0 Å². The Kier molecular flexibility index (Phi) is 7.50. The molecule has 0 radical (unpaired) electrons. The summed E-state index contributed by atoms with van der Waals surface area (Å²) in [6.45, 7) is 2.81. The van der Waals surface area contributed by atoms with Gasteiger partial charge in [0.2, 0.25) is 15.9 Å². The van der Waals surface area contributed by atoms with Gasteiger partial charge in [0.05, 0.1) is 12.0 Å². The first-order valence-electron chi connectivity index (χ1n) is 10.4. The van der Waals surface area contributed by atoms with Gasteiger partial charge in [0.15, 0.2) is 12.4 Å². The predicted octanol–water partition coefficient (Wildman–Crippen LogP) is 2.31. The fourth-order valence-corrected chi connectivity index (χ4v) is 4.65. The summed E-state index contributed by atoms with van der Waals surface area (Å²) >= 11 is 0. The van der Waals surface area contributed by atoms with Gasteiger partial charge >= 0.3 is 5.97 Å². The Morgan fingerprint density at radius 2 is 1.79 bits per heavy atom. The standard InChI is InChI=1S/C23H26N2O7S/c1-14(2)22(25-33(29,30)18-8-6-17(31-3)7-9-18)23(28)32-13-20(26)16-4-10-19-15(12-16)5-11-21(27)24-19/h4,6-10,12,14,22,25H,5,11,13H2,1-3H3,(H,24,27)/t22-/m0/s1. The van der Waals surface area contributed by atoms with Crippen LogP contribution in [0.25, 0.3) is 0 Å². The minimum absolute atomic E-state index is 0.0287. The number of hydrogen-bond acceptors (Lipinski definition) is 7. The maximum absolute atomic E-state index is 12.7. The molecule has 2 aromatic rings. The van der Waals surface area contributed by atoms with E-state index in [2.05, 4.69) is 10.0 Å². The number of sulfonamides is 1. The number of esters is 1. The monoisotopic (exact) mass is 474 g/mol. The lowest BCUT2D eigenvalue weighted by atomic mass is 9.99. The van der Waals surface area contributed by atoms with E-state index < -0.39 is 40.3 Å². The summed E-state index contributed by atoms with van der Waals surface area (Å²) in [5.41, 5.74) is 1.84. The fraction of sp³-hybridized carbons (Fsp3) is 0.348. The summed E-state index contributed by atoms with van der Waals surface area (Å²) in [6, 6.07) is 9.41. The molecule has 0 fully saturated rings. The van der Waals surface area contributed by atoms with E-state index in [-0.39, 0.29) is 10.8 Å². The third-order valence-electron chi connectivity index (χ3n) is 5.24. The summed E-state index contributed by atoms with van der Waals surface area (Å²) in [5.74, 6) is -1.28. The molecule has 3 rings (SSSR count). The lowest BCUT2D eigenvalue weighted by Gasteiger charge is -2.21. The Labute approximate surface area is 192 Å². The van der Waals surface area contributed by atoms with Crippen molar-refractivity contribution in [1.82, 2.24) is 4.72 Å². The number of ether oxygens (including phenoxy) is 2. The molecule has 1 atom stereocenters. The number of amides is 1. The summed E-state index contributed by atoms with van der Waals surface area (Å²) in [7, 11) is -2.54. The molecule has 1 amide bonds. The number of aryl methyl sites for hydroxylation is 1. The third kappa shape index (κ3) is 5.96. The normalized spacial score (nSPS) is 14.2. The number of Topliss-reactive ketones (excluding diaryl/α,β-unsaturated/α-hetero) is 1. The summed E-state index contributed by atoms with van der Waals surface area (Å²) in [6.07, 6.45) is 0.856. The maximum Gasteiger partial charge on any atom is 0.324 e. The Bertz CT molecular complexity index is 1160. The molecule has 1 heterocycles. The molecule has 0 saturated carbocycles. The van der Waals surface area contributed by atoms with Crippen molar-refractivity contribution in [2.75, 3.05) is 19.0 Å². The van der Waals surface area contributed by atoms with Gasteiger partial charge in [0.1, 0.15) is 11.8 Å². The van der Waals surface area contributed by atoms with Gasteiger partial charge < -0.3 is 14.8 Å². The molecular weight excluding hydrogens is 448 g/mol. The molecule has 1 aliphatic rings. The largest absolute Gasteiger partial charge is 0.497 e. The van der Waals surface area contributed by atoms with Crippen LogP contribution in [0.15, 0.2) is 47.4 Å². The molecule has 2 aromatic carbocycles. The second-order valence-electron chi connectivity index (χ2n) is 7.97. The van der Waals surface area contributed by atoms with Gasteiger partial charge in [-0.3, -0.25) is 14.4 Å². The van der Waals surface area contributed by atoms with Gasteiger partial charge in [0.25, 0.3) is 0 Å². The average molecular weight is 475 g/mol. The van der Waals surface area contributed by atoms with E-state index in [1.807, 2.05) is 0 Å². The number of methoxy groups -OCH3 is 1. The predicted molar refractivity (Wildman–Crippen MR) is 121 cm³/mol. The number of anilines is 1. The number of nitrogens with one attached hydrogen (secondary N) is 2. The molecule has 0 unspecified atom stereocenters. The van der Waals surface area contributed by atoms with Crippen LogP contribution in [-0.4, -0.2) is 45.8 Å². The van der Waals surface area contributed by atoms with Crippen LogP contribution in [0, 0.1) is 5.92 Å². The van der Waals surface area contributed by atoms with Crippen molar-refractivity contribution in [3.8, 4) is 5.75 Å².